The fourth-order valence-corrected chi connectivity index (χ4v) is 2.57. The zero-order chi connectivity index (χ0) is 14.8. The molecule has 0 amide bonds. The van der Waals surface area contributed by atoms with Gasteiger partial charge in [-0.05, 0) is 19.1 Å². The Balaban J connectivity index is 2.04. The molecule has 21 heavy (non-hydrogen) atoms. The van der Waals surface area contributed by atoms with Gasteiger partial charge in [0.25, 0.3) is 0 Å². The van der Waals surface area contributed by atoms with Crippen LogP contribution in [0.1, 0.15) is 21.5 Å². The molecule has 0 saturated heterocycles. The molecule has 0 aliphatic carbocycles. The molecule has 0 N–H and O–H groups in total. The van der Waals surface area contributed by atoms with Crippen LogP contribution in [0.4, 0.5) is 0 Å². The number of ketones is 1. The fourth-order valence-electron chi connectivity index (χ4n) is 2.57. The van der Waals surface area contributed by atoms with Gasteiger partial charge in [0, 0.05) is 28.5 Å². The van der Waals surface area contributed by atoms with Gasteiger partial charge in [-0.3, -0.25) is 4.79 Å². The second kappa shape index (κ2) is 5.37. The number of pyridine rings is 1. The standard InChI is InChI=1S/C18H15NO2/c1-13-10-15-8-5-9-16(18(15)19(21)12-13)11-17(20)14-6-3-2-4-7-14/h2-10,12H,11H2,1H3. The highest BCUT2D eigenvalue weighted by Gasteiger charge is 2.15. The molecule has 3 nitrogen and oxygen atoms in total. The summed E-state index contributed by atoms with van der Waals surface area (Å²) in [7, 11) is 0. The second-order valence-corrected chi connectivity index (χ2v) is 5.16. The molecular weight excluding hydrogens is 262 g/mol. The number of hydrogen-bond acceptors (Lipinski definition) is 2. The summed E-state index contributed by atoms with van der Waals surface area (Å²) in [6.45, 7) is 1.88. The first kappa shape index (κ1) is 13.3. The van der Waals surface area contributed by atoms with E-state index in [2.05, 4.69) is 0 Å². The van der Waals surface area contributed by atoms with Gasteiger partial charge in [0.15, 0.2) is 12.0 Å². The van der Waals surface area contributed by atoms with Crippen molar-refractivity contribution in [3.05, 3.63) is 82.7 Å². The van der Waals surface area contributed by atoms with E-state index in [-0.39, 0.29) is 12.2 Å². The van der Waals surface area contributed by atoms with E-state index in [1.165, 1.54) is 0 Å². The lowest BCUT2D eigenvalue weighted by Crippen LogP contribution is -2.28. The number of aryl methyl sites for hydroxylation is 1. The lowest BCUT2D eigenvalue weighted by Gasteiger charge is -2.08. The maximum Gasteiger partial charge on any atom is 0.227 e. The van der Waals surface area contributed by atoms with Gasteiger partial charge in [-0.25, -0.2) is 0 Å². The van der Waals surface area contributed by atoms with Crippen LogP contribution in [-0.2, 0) is 6.42 Å². The highest BCUT2D eigenvalue weighted by Crippen LogP contribution is 2.18. The molecule has 0 saturated carbocycles. The Bertz CT molecular complexity index is 810. The maximum absolute atomic E-state index is 12.3. The van der Waals surface area contributed by atoms with Gasteiger partial charge in [0.1, 0.15) is 0 Å². The molecule has 0 atom stereocenters. The molecule has 0 aliphatic rings. The Morgan fingerprint density at radius 1 is 1.10 bits per heavy atom. The highest BCUT2D eigenvalue weighted by atomic mass is 16.5. The topological polar surface area (TPSA) is 44.0 Å². The third kappa shape index (κ3) is 2.63. The number of rotatable bonds is 3. The third-order valence-electron chi connectivity index (χ3n) is 3.52. The molecule has 3 aromatic rings. The lowest BCUT2D eigenvalue weighted by molar-refractivity contribution is -0.577. The number of Topliss-reactive ketones (excluding diaryl/α,β-unsaturated/α-hetero) is 1. The first-order valence-electron chi connectivity index (χ1n) is 6.85. The summed E-state index contributed by atoms with van der Waals surface area (Å²) in [6.07, 6.45) is 1.77. The number of carbonyl (C=O) groups excluding carboxylic acids is 1. The average Bonchev–Trinajstić information content (AvgIpc) is 2.47. The predicted molar refractivity (Wildman–Crippen MR) is 82.1 cm³/mol. The number of hydrogen-bond donors (Lipinski definition) is 0. The minimum absolute atomic E-state index is 0.0173. The molecule has 2 aromatic carbocycles. The van der Waals surface area contributed by atoms with Crippen LogP contribution in [0.2, 0.25) is 0 Å². The fraction of sp³-hybridized carbons (Fsp3) is 0.111. The van der Waals surface area contributed by atoms with E-state index in [1.807, 2.05) is 49.4 Å². The summed E-state index contributed by atoms with van der Waals surface area (Å²) < 4.78 is 0.859. The number of para-hydroxylation sites is 1. The lowest BCUT2D eigenvalue weighted by atomic mass is 10.00. The zero-order valence-corrected chi connectivity index (χ0v) is 11.7. The number of benzene rings is 2. The normalized spacial score (nSPS) is 10.7. The molecule has 0 spiro atoms. The summed E-state index contributed by atoms with van der Waals surface area (Å²) >= 11 is 0. The Hall–Kier alpha value is -2.68. The zero-order valence-electron chi connectivity index (χ0n) is 11.7. The summed E-state index contributed by atoms with van der Waals surface area (Å²) in [5.74, 6) is 0.0173. The summed E-state index contributed by atoms with van der Waals surface area (Å²) in [6, 6.07) is 16.7. The Kier molecular flexibility index (Phi) is 3.40. The van der Waals surface area contributed by atoms with Crippen molar-refractivity contribution in [3.63, 3.8) is 0 Å². The smallest absolute Gasteiger partial charge is 0.227 e. The number of fused-ring (bicyclic) bond motifs is 1. The van der Waals surface area contributed by atoms with Crippen LogP contribution in [0, 0.1) is 12.1 Å². The molecule has 0 fully saturated rings. The largest absolute Gasteiger partial charge is 0.618 e. The first-order chi connectivity index (χ1) is 10.1. The van der Waals surface area contributed by atoms with Gasteiger partial charge < -0.3 is 5.21 Å². The molecule has 1 heterocycles. The van der Waals surface area contributed by atoms with Gasteiger partial charge in [-0.2, -0.15) is 4.73 Å². The summed E-state index contributed by atoms with van der Waals surface area (Å²) in [4.78, 5) is 12.3. The molecule has 0 bridgehead atoms. The van der Waals surface area contributed by atoms with Crippen molar-refractivity contribution in [2.45, 2.75) is 13.3 Å². The number of nitrogens with zero attached hydrogens (tertiary/aromatic N) is 1. The predicted octanol–water partition coefficient (Wildman–Crippen LogP) is 3.21. The minimum atomic E-state index is 0.0173. The molecule has 104 valence electrons. The van der Waals surface area contributed by atoms with Crippen molar-refractivity contribution in [1.29, 1.82) is 0 Å². The monoisotopic (exact) mass is 277 g/mol. The Labute approximate surface area is 123 Å². The van der Waals surface area contributed by atoms with Gasteiger partial charge in [-0.15, -0.1) is 0 Å². The summed E-state index contributed by atoms with van der Waals surface area (Å²) in [5, 5.41) is 13.0. The first-order valence-corrected chi connectivity index (χ1v) is 6.85. The molecule has 3 rings (SSSR count). The van der Waals surface area contributed by atoms with Crippen molar-refractivity contribution in [1.82, 2.24) is 0 Å². The second-order valence-electron chi connectivity index (χ2n) is 5.16. The van der Waals surface area contributed by atoms with E-state index in [0.717, 1.165) is 21.2 Å². The average molecular weight is 277 g/mol. The van der Waals surface area contributed by atoms with Crippen molar-refractivity contribution >= 4 is 16.7 Å². The van der Waals surface area contributed by atoms with Gasteiger partial charge in [0.05, 0.1) is 0 Å². The third-order valence-corrected chi connectivity index (χ3v) is 3.52. The van der Waals surface area contributed by atoms with E-state index >= 15 is 0 Å². The summed E-state index contributed by atoms with van der Waals surface area (Å²) in [5.41, 5.74) is 2.91. The number of aromatic nitrogens is 1. The number of carbonyl (C=O) groups is 1. The maximum atomic E-state index is 12.3. The van der Waals surface area contributed by atoms with Crippen molar-refractivity contribution < 1.29 is 9.52 Å². The molecule has 1 aromatic heterocycles. The minimum Gasteiger partial charge on any atom is -0.618 e. The van der Waals surface area contributed by atoms with Gasteiger partial charge in [0.2, 0.25) is 5.52 Å². The quantitative estimate of drug-likeness (QED) is 0.419. The molecule has 0 unspecified atom stereocenters. The van der Waals surface area contributed by atoms with Crippen LogP contribution >= 0.6 is 0 Å². The Morgan fingerprint density at radius 3 is 2.62 bits per heavy atom. The van der Waals surface area contributed by atoms with Crippen LogP contribution in [0.5, 0.6) is 0 Å². The van der Waals surface area contributed by atoms with Crippen LogP contribution in [-0.4, -0.2) is 5.78 Å². The van der Waals surface area contributed by atoms with E-state index < -0.39 is 0 Å². The molecule has 0 radical (unpaired) electrons. The highest BCUT2D eigenvalue weighted by molar-refractivity contribution is 5.99. The van der Waals surface area contributed by atoms with E-state index in [0.29, 0.717) is 11.1 Å². The molecular formula is C18H15NO2. The van der Waals surface area contributed by atoms with Gasteiger partial charge >= 0.3 is 0 Å². The van der Waals surface area contributed by atoms with Crippen LogP contribution in [0.25, 0.3) is 10.9 Å². The van der Waals surface area contributed by atoms with Crippen molar-refractivity contribution in [2.75, 3.05) is 0 Å². The van der Waals surface area contributed by atoms with Gasteiger partial charge in [-0.1, -0.05) is 42.5 Å². The molecule has 3 heteroatoms. The van der Waals surface area contributed by atoms with Crippen LogP contribution in [0.15, 0.2) is 60.8 Å². The van der Waals surface area contributed by atoms with E-state index in [4.69, 9.17) is 0 Å². The Morgan fingerprint density at radius 2 is 1.86 bits per heavy atom. The van der Waals surface area contributed by atoms with E-state index in [9.17, 15) is 10.0 Å². The molecule has 0 aliphatic heterocycles. The SMILES string of the molecule is Cc1cc2cccc(CC(=O)c3ccccc3)c2[n+]([O-])c1. The van der Waals surface area contributed by atoms with Crippen LogP contribution in [0.3, 0.4) is 0 Å². The van der Waals surface area contributed by atoms with Crippen molar-refractivity contribution in [3.8, 4) is 0 Å². The van der Waals surface area contributed by atoms with Crippen LogP contribution < -0.4 is 4.73 Å². The van der Waals surface area contributed by atoms with Crippen molar-refractivity contribution in [2.24, 2.45) is 0 Å². The van der Waals surface area contributed by atoms with E-state index in [1.54, 1.807) is 18.3 Å².